The molecule has 105 heavy (non-hydrogen) atoms. The monoisotopic (exact) mass is 1390 g/mol. The van der Waals surface area contributed by atoms with Gasteiger partial charge in [0.15, 0.2) is 0 Å². The molecule has 0 aliphatic carbocycles. The van der Waals surface area contributed by atoms with Crippen LogP contribution in [-0.4, -0.2) is 13.4 Å². The van der Waals surface area contributed by atoms with Crippen molar-refractivity contribution in [2.45, 2.75) is 9.79 Å². The Balaban J connectivity index is 0.908. The maximum absolute atomic E-state index is 18.6. The standard InChI is InChI=1S/C90H54B2F7N5S/c93-70-32-17-29-65(59-25-9-3-10-26-59)87(70)104-79-54-83-69(53-68(79)91-66-30-13-15-39-77(66)102(89-73(96)35-19-36-74(89)97)80-49-63(50-81(104)85(80)91)101(60-27-11-4-12-28-60)88-71(94)33-18-34-72(88)95)92-67-31-14-16-40-78(67)103(90-75(98)37-20-38-76(90)99)82-51-64(52-84(105-83)86(82)92)100(61-45-41-57(42-46-61)55-21-5-1-6-22-55)62-47-43-58(44-48-62)56-23-7-2-8-24-56/h1-54H. The third kappa shape index (κ3) is 10.3. The summed E-state index contributed by atoms with van der Waals surface area (Å²) in [6.45, 7) is -1.42. The van der Waals surface area contributed by atoms with E-state index < -0.39 is 65.5 Å². The number of halogens is 7. The molecule has 0 spiro atoms. The maximum Gasteiger partial charge on any atom is 0.252 e. The van der Waals surface area contributed by atoms with Crippen LogP contribution in [-0.2, 0) is 0 Å². The molecule has 0 fully saturated rings. The van der Waals surface area contributed by atoms with E-state index in [1.807, 2.05) is 120 Å². The van der Waals surface area contributed by atoms with Crippen molar-refractivity contribution in [3.05, 3.63) is 368 Å². The highest BCUT2D eigenvalue weighted by molar-refractivity contribution is 8.00. The Kier molecular flexibility index (Phi) is 15.3. The first kappa shape index (κ1) is 63.2. The van der Waals surface area contributed by atoms with E-state index in [-0.39, 0.29) is 22.7 Å². The van der Waals surface area contributed by atoms with Crippen molar-refractivity contribution in [3.8, 4) is 33.4 Å². The second kappa shape index (κ2) is 25.4. The van der Waals surface area contributed by atoms with Gasteiger partial charge in [0.25, 0.3) is 6.71 Å². The molecule has 4 aliphatic heterocycles. The minimum atomic E-state index is -0.889. The first-order valence-corrected chi connectivity index (χ1v) is 35.3. The van der Waals surface area contributed by atoms with E-state index in [0.29, 0.717) is 67.3 Å². The van der Waals surface area contributed by atoms with E-state index in [2.05, 4.69) is 95.9 Å². The Morgan fingerprint density at radius 2 is 0.619 bits per heavy atom. The molecule has 0 aromatic heterocycles. The van der Waals surface area contributed by atoms with Gasteiger partial charge in [0.05, 0.1) is 11.4 Å². The van der Waals surface area contributed by atoms with Crippen molar-refractivity contribution >= 4 is 143 Å². The average Bonchev–Trinajstić information content (AvgIpc) is 0.687. The van der Waals surface area contributed by atoms with Crippen molar-refractivity contribution < 1.29 is 30.7 Å². The van der Waals surface area contributed by atoms with Crippen molar-refractivity contribution in [2.75, 3.05) is 24.5 Å². The molecule has 15 aromatic carbocycles. The van der Waals surface area contributed by atoms with E-state index in [0.717, 1.165) is 59.8 Å². The molecule has 0 N–H and O–H groups in total. The highest BCUT2D eigenvalue weighted by Crippen LogP contribution is 2.54. The minimum Gasteiger partial charge on any atom is -0.310 e. The second-order valence-corrected chi connectivity index (χ2v) is 27.4. The second-order valence-electron chi connectivity index (χ2n) is 26.4. The quantitative estimate of drug-likeness (QED) is 0.0889. The van der Waals surface area contributed by atoms with Gasteiger partial charge in [-0.05, 0) is 176 Å². The minimum absolute atomic E-state index is 0.122. The van der Waals surface area contributed by atoms with Crippen LogP contribution < -0.4 is 57.3 Å². The highest BCUT2D eigenvalue weighted by atomic mass is 32.2. The van der Waals surface area contributed by atoms with Crippen LogP contribution in [0.4, 0.5) is 116 Å². The van der Waals surface area contributed by atoms with E-state index in [1.165, 1.54) is 82.2 Å². The summed E-state index contributed by atoms with van der Waals surface area (Å²) in [5.41, 5.74) is 13.9. The topological polar surface area (TPSA) is 16.2 Å². The Labute approximate surface area is 606 Å². The number of anilines is 15. The van der Waals surface area contributed by atoms with Crippen molar-refractivity contribution in [1.29, 1.82) is 0 Å². The fourth-order valence-corrected chi connectivity index (χ4v) is 17.3. The van der Waals surface area contributed by atoms with E-state index in [1.54, 1.807) is 65.6 Å². The van der Waals surface area contributed by atoms with Crippen LogP contribution in [0.3, 0.4) is 0 Å². The number of para-hydroxylation sites is 7. The van der Waals surface area contributed by atoms with Crippen LogP contribution in [0.2, 0.25) is 0 Å². The van der Waals surface area contributed by atoms with Gasteiger partial charge in [0.2, 0.25) is 6.71 Å². The SMILES string of the molecule is Fc1cccc(F)c1N(c1ccccc1)c1cc2c3c(c1)N(c1c(F)cccc1-c1ccccc1)c1cc4c(cc1B3c1ccccc1N2c1c(F)cccc1F)B1c2ccccc2N(c2c(F)cccc2F)c2cc(N(c3ccc(-c5ccccc5)cc3)c3ccc(-c5ccccc5)cc3)cc(c21)S4. The lowest BCUT2D eigenvalue weighted by Crippen LogP contribution is -2.64. The van der Waals surface area contributed by atoms with E-state index in [4.69, 9.17) is 0 Å². The van der Waals surface area contributed by atoms with Crippen molar-refractivity contribution in [1.82, 2.24) is 0 Å². The van der Waals surface area contributed by atoms with Crippen molar-refractivity contribution in [2.24, 2.45) is 0 Å². The van der Waals surface area contributed by atoms with E-state index >= 15 is 30.7 Å². The zero-order valence-corrected chi connectivity index (χ0v) is 56.4. The molecule has 0 unspecified atom stereocenters. The Morgan fingerprint density at radius 1 is 0.238 bits per heavy atom. The van der Waals surface area contributed by atoms with Crippen LogP contribution >= 0.6 is 11.8 Å². The molecule has 0 atom stereocenters. The number of hydrogen-bond acceptors (Lipinski definition) is 6. The highest BCUT2D eigenvalue weighted by Gasteiger charge is 2.49. The number of rotatable bonds is 12. The predicted molar refractivity (Wildman–Crippen MR) is 416 cm³/mol. The van der Waals surface area contributed by atoms with Gasteiger partial charge in [-0.25, -0.2) is 30.7 Å². The van der Waals surface area contributed by atoms with Crippen LogP contribution in [0, 0.1) is 40.7 Å². The molecular weight excluding hydrogens is 1340 g/mol. The molecule has 0 saturated heterocycles. The summed E-state index contributed by atoms with van der Waals surface area (Å²) < 4.78 is 122. The number of benzene rings is 15. The average molecular weight is 1390 g/mol. The van der Waals surface area contributed by atoms with Gasteiger partial charge in [-0.15, -0.1) is 0 Å². The zero-order chi connectivity index (χ0) is 70.7. The Hall–Kier alpha value is -12.7. The van der Waals surface area contributed by atoms with Gasteiger partial charge in [0.1, 0.15) is 57.8 Å². The van der Waals surface area contributed by atoms with Gasteiger partial charge in [-0.1, -0.05) is 223 Å². The van der Waals surface area contributed by atoms with Gasteiger partial charge in [-0.2, -0.15) is 0 Å². The third-order valence-electron chi connectivity index (χ3n) is 20.5. The summed E-state index contributed by atoms with van der Waals surface area (Å²) in [5, 5.41) is 0. The molecule has 15 aromatic rings. The summed E-state index contributed by atoms with van der Waals surface area (Å²) in [6, 6.07) is 98.3. The van der Waals surface area contributed by atoms with Crippen molar-refractivity contribution in [3.63, 3.8) is 0 Å². The molecule has 15 heteroatoms. The Bertz CT molecular complexity index is 5840. The molecule has 0 amide bonds. The molecule has 4 aliphatic rings. The van der Waals surface area contributed by atoms with Crippen LogP contribution in [0.5, 0.6) is 0 Å². The van der Waals surface area contributed by atoms with Gasteiger partial charge >= 0.3 is 0 Å². The molecule has 5 nitrogen and oxygen atoms in total. The molecule has 4 heterocycles. The fraction of sp³-hybridized carbons (Fsp3) is 0. The molecule has 19 rings (SSSR count). The lowest BCUT2D eigenvalue weighted by Gasteiger charge is -2.46. The molecule has 0 saturated carbocycles. The van der Waals surface area contributed by atoms with E-state index in [9.17, 15) is 0 Å². The lowest BCUT2D eigenvalue weighted by atomic mass is 9.31. The van der Waals surface area contributed by atoms with Gasteiger partial charge < -0.3 is 24.5 Å². The Morgan fingerprint density at radius 3 is 1.12 bits per heavy atom. The summed E-state index contributed by atoms with van der Waals surface area (Å²) >= 11 is 1.48. The number of nitrogens with zero attached hydrogens (tertiary/aromatic N) is 5. The first-order chi connectivity index (χ1) is 51.5. The molecule has 500 valence electrons. The van der Waals surface area contributed by atoms with Crippen LogP contribution in [0.15, 0.2) is 337 Å². The summed E-state index contributed by atoms with van der Waals surface area (Å²) in [7, 11) is 0. The fourth-order valence-electron chi connectivity index (χ4n) is 16.1. The zero-order valence-electron chi connectivity index (χ0n) is 55.6. The van der Waals surface area contributed by atoms with Gasteiger partial charge in [0, 0.05) is 72.2 Å². The third-order valence-corrected chi connectivity index (χ3v) is 21.7. The molecule has 0 bridgehead atoms. The number of fused-ring (bicyclic) bond motifs is 8. The predicted octanol–water partition coefficient (Wildman–Crippen LogP) is 21.4. The molecular formula is C90H54B2F7N5S. The molecule has 0 radical (unpaired) electrons. The van der Waals surface area contributed by atoms with Gasteiger partial charge in [-0.3, -0.25) is 0 Å². The largest absolute Gasteiger partial charge is 0.310 e. The first-order valence-electron chi connectivity index (χ1n) is 34.4. The lowest BCUT2D eigenvalue weighted by molar-refractivity contribution is 0.585. The van der Waals surface area contributed by atoms with Crippen LogP contribution in [0.1, 0.15) is 0 Å². The summed E-state index contributed by atoms with van der Waals surface area (Å²) in [6.07, 6.45) is 0. The maximum atomic E-state index is 18.6. The normalized spacial score (nSPS) is 12.8. The number of hydrogen-bond donors (Lipinski definition) is 0. The summed E-state index contributed by atoms with van der Waals surface area (Å²) in [5.74, 6) is -5.70. The summed E-state index contributed by atoms with van der Waals surface area (Å²) in [4.78, 5) is 10.3. The smallest absolute Gasteiger partial charge is 0.252 e. The van der Waals surface area contributed by atoms with Crippen LogP contribution in [0.25, 0.3) is 33.4 Å².